The minimum absolute atomic E-state index is 0.0182. The van der Waals surface area contributed by atoms with Crippen LogP contribution >= 0.6 is 0 Å². The molecule has 5 aromatic rings. The Bertz CT molecular complexity index is 2590. The number of carbonyl (C=O) groups excluding carboxylic acids is 4. The molecule has 14 nitrogen and oxygen atoms in total. The van der Waals surface area contributed by atoms with Gasteiger partial charge in [-0.15, -0.1) is 0 Å². The minimum Gasteiger partial charge on any atom is -0.493 e. The maximum absolute atomic E-state index is 14.1. The molecule has 2 heterocycles. The molecule has 14 heteroatoms. The van der Waals surface area contributed by atoms with E-state index in [9.17, 15) is 19.2 Å². The summed E-state index contributed by atoms with van der Waals surface area (Å²) in [4.78, 5) is 56.2. The van der Waals surface area contributed by atoms with Gasteiger partial charge in [-0.1, -0.05) is 63.2 Å². The molecule has 0 spiro atoms. The quantitative estimate of drug-likeness (QED) is 0.0814. The first kappa shape index (κ1) is 45.8. The van der Waals surface area contributed by atoms with Crippen LogP contribution in [-0.4, -0.2) is 78.0 Å². The number of anilines is 3. The third kappa shape index (κ3) is 10.1. The number of hydrogen-bond donors (Lipinski definition) is 2. The van der Waals surface area contributed by atoms with Crippen molar-refractivity contribution in [1.82, 2.24) is 5.32 Å². The highest BCUT2D eigenvalue weighted by molar-refractivity contribution is 6.11. The first-order valence-corrected chi connectivity index (χ1v) is 21.5. The fraction of sp³-hybridized carbons (Fsp3) is 0.333. The Hall–Kier alpha value is -7.22. The molecule has 1 unspecified atom stereocenters. The largest absolute Gasteiger partial charge is 0.493 e. The molecule has 0 aromatic heterocycles. The van der Waals surface area contributed by atoms with Gasteiger partial charge in [0, 0.05) is 43.0 Å². The summed E-state index contributed by atoms with van der Waals surface area (Å²) in [6.07, 6.45) is 1.30. The zero-order valence-corrected chi connectivity index (χ0v) is 38.1. The number of methoxy groups -OCH3 is 3. The lowest BCUT2D eigenvalue weighted by atomic mass is 9.91. The highest BCUT2D eigenvalue weighted by Crippen LogP contribution is 2.44. The molecule has 0 bridgehead atoms. The second kappa shape index (κ2) is 19.7. The summed E-state index contributed by atoms with van der Waals surface area (Å²) in [5, 5.41) is 6.04. The van der Waals surface area contributed by atoms with Crippen molar-refractivity contribution in [3.8, 4) is 34.1 Å². The normalized spacial score (nSPS) is 15.3. The fourth-order valence-electron chi connectivity index (χ4n) is 8.32. The average molecular weight is 885 g/mol. The van der Waals surface area contributed by atoms with Crippen molar-refractivity contribution in [3.63, 3.8) is 0 Å². The second-order valence-electron chi connectivity index (χ2n) is 17.4. The first-order chi connectivity index (χ1) is 31.2. The third-order valence-corrected chi connectivity index (χ3v) is 11.4. The van der Waals surface area contributed by atoms with Gasteiger partial charge in [0.1, 0.15) is 13.2 Å². The third-order valence-electron chi connectivity index (χ3n) is 11.4. The van der Waals surface area contributed by atoms with E-state index in [2.05, 4.69) is 10.6 Å². The van der Waals surface area contributed by atoms with Crippen molar-refractivity contribution in [2.24, 2.45) is 5.41 Å². The number of hydrogen-bond acceptors (Lipinski definition) is 11. The van der Waals surface area contributed by atoms with E-state index in [0.717, 1.165) is 34.4 Å². The number of benzene rings is 5. The molecule has 2 N–H and O–H groups in total. The zero-order chi connectivity index (χ0) is 46.4. The van der Waals surface area contributed by atoms with E-state index in [1.54, 1.807) is 37.4 Å². The highest BCUT2D eigenvalue weighted by atomic mass is 16.6. The van der Waals surface area contributed by atoms with Gasteiger partial charge in [-0.25, -0.2) is 9.59 Å². The Balaban J connectivity index is 1.19. The van der Waals surface area contributed by atoms with Gasteiger partial charge in [-0.05, 0) is 89.4 Å². The fourth-order valence-corrected chi connectivity index (χ4v) is 8.32. The van der Waals surface area contributed by atoms with Gasteiger partial charge in [-0.3, -0.25) is 14.5 Å². The maximum atomic E-state index is 14.1. The van der Waals surface area contributed by atoms with E-state index in [1.165, 1.54) is 26.2 Å². The first-order valence-electron chi connectivity index (χ1n) is 21.5. The van der Waals surface area contributed by atoms with E-state index < -0.39 is 18.1 Å². The Kier molecular flexibility index (Phi) is 13.9. The number of rotatable bonds is 14. The van der Waals surface area contributed by atoms with Crippen molar-refractivity contribution in [2.45, 2.75) is 65.8 Å². The molecule has 2 atom stereocenters. The van der Waals surface area contributed by atoms with Crippen molar-refractivity contribution in [3.05, 3.63) is 124 Å². The molecule has 3 amide bonds. The monoisotopic (exact) mass is 884 g/mol. The number of esters is 1. The number of ether oxygens (including phenoxy) is 6. The van der Waals surface area contributed by atoms with Crippen LogP contribution in [-0.2, 0) is 40.3 Å². The van der Waals surface area contributed by atoms with Crippen LogP contribution in [0.25, 0.3) is 11.1 Å². The zero-order valence-electron chi connectivity index (χ0n) is 38.1. The number of amides is 3. The SMILES string of the molecule is CNc1cc(OCc2cc(COc3cc4c(cc3OC)-c3ccccc3CC(NC=O)CN4C(=O)OCC(C)(C)C)cc(C(=O)OC)c2)c(OC)cc1C(=O)N1c2ccccc2C[C@H]1C. The van der Waals surface area contributed by atoms with Gasteiger partial charge in [0.05, 0.1) is 56.5 Å². The molecule has 0 fully saturated rings. The summed E-state index contributed by atoms with van der Waals surface area (Å²) < 4.78 is 35.4. The summed E-state index contributed by atoms with van der Waals surface area (Å²) in [7, 11) is 6.11. The van der Waals surface area contributed by atoms with Gasteiger partial charge in [0.2, 0.25) is 6.41 Å². The second-order valence-corrected chi connectivity index (χ2v) is 17.4. The molecule has 0 saturated heterocycles. The van der Waals surface area contributed by atoms with Crippen molar-refractivity contribution >= 4 is 41.4 Å². The topological polar surface area (TPSA) is 154 Å². The van der Waals surface area contributed by atoms with E-state index in [0.29, 0.717) is 63.9 Å². The van der Waals surface area contributed by atoms with E-state index in [4.69, 9.17) is 28.4 Å². The molecule has 0 radical (unpaired) electrons. The molecule has 65 heavy (non-hydrogen) atoms. The van der Waals surface area contributed by atoms with Crippen LogP contribution in [0, 0.1) is 5.41 Å². The lowest BCUT2D eigenvalue weighted by molar-refractivity contribution is -0.110. The number of carbonyl (C=O) groups is 4. The Morgan fingerprint density at radius 3 is 2.05 bits per heavy atom. The molecule has 2 aliphatic rings. The van der Waals surface area contributed by atoms with Crippen LogP contribution in [0.4, 0.5) is 21.9 Å². The molecular weight excluding hydrogens is 829 g/mol. The van der Waals surface area contributed by atoms with Crippen LogP contribution in [0.3, 0.4) is 0 Å². The van der Waals surface area contributed by atoms with Crippen LogP contribution in [0.15, 0.2) is 91.0 Å². The lowest BCUT2D eigenvalue weighted by Gasteiger charge is -2.33. The average Bonchev–Trinajstić information content (AvgIpc) is 3.64. The van der Waals surface area contributed by atoms with Gasteiger partial charge in [0.15, 0.2) is 23.0 Å². The number of para-hydroxylation sites is 1. The highest BCUT2D eigenvalue weighted by Gasteiger charge is 2.34. The lowest BCUT2D eigenvalue weighted by Crippen LogP contribution is -2.46. The van der Waals surface area contributed by atoms with Gasteiger partial charge in [-0.2, -0.15) is 0 Å². The van der Waals surface area contributed by atoms with Crippen molar-refractivity contribution in [2.75, 3.05) is 56.6 Å². The maximum Gasteiger partial charge on any atom is 0.414 e. The predicted octanol–water partition coefficient (Wildman–Crippen LogP) is 8.61. The number of nitrogens with zero attached hydrogens (tertiary/aromatic N) is 2. The standard InChI is InChI=1S/C51H56N4O10/c1-31-17-35-14-10-12-16-42(35)55(31)48(57)40-23-45(61-7)46(24-41(40)52-5)63-27-32-18-33(20-36(19-32)49(58)62-8)28-64-47-25-43-39(22-44(47)60-6)38-15-11-9-13-34(38)21-37(53-30-56)26-54(43)50(59)65-29-51(2,3)4/h9-16,18-20,22-25,30-31,37,52H,17,21,26-29H2,1-8H3,(H,53,56)/t31-,37?/m1/s1. The summed E-state index contributed by atoms with van der Waals surface area (Å²) in [6.45, 7) is 8.26. The van der Waals surface area contributed by atoms with Crippen LogP contribution < -0.4 is 39.4 Å². The number of fused-ring (bicyclic) bond motifs is 4. The Morgan fingerprint density at radius 1 is 0.754 bits per heavy atom. The predicted molar refractivity (Wildman–Crippen MR) is 249 cm³/mol. The Labute approximate surface area is 379 Å². The molecular formula is C51H56N4O10. The molecule has 7 rings (SSSR count). The summed E-state index contributed by atoms with van der Waals surface area (Å²) in [6, 6.07) is 27.5. The molecule has 5 aromatic carbocycles. The van der Waals surface area contributed by atoms with Crippen LogP contribution in [0.1, 0.15) is 70.7 Å². The minimum atomic E-state index is -0.573. The van der Waals surface area contributed by atoms with E-state index >= 15 is 0 Å². The molecule has 0 saturated carbocycles. The summed E-state index contributed by atoms with van der Waals surface area (Å²) in [5.74, 6) is 0.765. The van der Waals surface area contributed by atoms with Crippen molar-refractivity contribution < 1.29 is 47.6 Å². The molecule has 0 aliphatic carbocycles. The summed E-state index contributed by atoms with van der Waals surface area (Å²) >= 11 is 0. The summed E-state index contributed by atoms with van der Waals surface area (Å²) in [5.41, 5.74) is 7.30. The van der Waals surface area contributed by atoms with Gasteiger partial charge < -0.3 is 44.0 Å². The molecule has 2 aliphatic heterocycles. The van der Waals surface area contributed by atoms with E-state index in [1.807, 2.05) is 93.3 Å². The van der Waals surface area contributed by atoms with Crippen LogP contribution in [0.5, 0.6) is 23.0 Å². The van der Waals surface area contributed by atoms with E-state index in [-0.39, 0.29) is 49.3 Å². The van der Waals surface area contributed by atoms with Gasteiger partial charge >= 0.3 is 12.1 Å². The van der Waals surface area contributed by atoms with Crippen molar-refractivity contribution in [1.29, 1.82) is 0 Å². The van der Waals surface area contributed by atoms with Gasteiger partial charge in [0.25, 0.3) is 5.91 Å². The molecule has 340 valence electrons. The Morgan fingerprint density at radius 2 is 1.40 bits per heavy atom. The number of nitrogens with one attached hydrogen (secondary N) is 2. The van der Waals surface area contributed by atoms with Crippen LogP contribution in [0.2, 0.25) is 0 Å². The smallest absolute Gasteiger partial charge is 0.414 e.